The second-order valence-electron chi connectivity index (χ2n) is 8.71. The highest BCUT2D eigenvalue weighted by molar-refractivity contribution is 9.10. The Labute approximate surface area is 228 Å². The van der Waals surface area contributed by atoms with Crippen LogP contribution in [0.15, 0.2) is 74.7 Å². The van der Waals surface area contributed by atoms with Gasteiger partial charge in [-0.05, 0) is 77.0 Å². The lowest BCUT2D eigenvalue weighted by atomic mass is 9.95. The van der Waals surface area contributed by atoms with E-state index in [2.05, 4.69) is 21.2 Å². The monoisotopic (exact) mass is 578 g/mol. The van der Waals surface area contributed by atoms with Crippen molar-refractivity contribution in [2.45, 2.75) is 38.8 Å². The highest BCUT2D eigenvalue weighted by Gasteiger charge is 2.25. The first-order chi connectivity index (χ1) is 18.1. The van der Waals surface area contributed by atoms with Gasteiger partial charge in [0.15, 0.2) is 11.5 Å². The molecule has 0 bridgehead atoms. The first kappa shape index (κ1) is 25.3. The number of hydrogen-bond donors (Lipinski definition) is 1. The van der Waals surface area contributed by atoms with E-state index in [1.54, 1.807) is 30.9 Å². The highest BCUT2D eigenvalue weighted by atomic mass is 79.9. The number of nitrogens with one attached hydrogen (secondary N) is 1. The second-order valence-corrected chi connectivity index (χ2v) is 10.6. The first-order valence-electron chi connectivity index (χ1n) is 12.2. The van der Waals surface area contributed by atoms with Gasteiger partial charge in [-0.3, -0.25) is 4.79 Å². The van der Waals surface area contributed by atoms with Gasteiger partial charge < -0.3 is 19.2 Å². The van der Waals surface area contributed by atoms with Crippen LogP contribution < -0.4 is 14.8 Å². The summed E-state index contributed by atoms with van der Waals surface area (Å²) in [5.41, 5.74) is 3.71. The van der Waals surface area contributed by atoms with Crippen molar-refractivity contribution < 1.29 is 18.7 Å². The molecule has 0 atom stereocenters. The zero-order valence-electron chi connectivity index (χ0n) is 20.5. The number of halogens is 1. The van der Waals surface area contributed by atoms with Crippen LogP contribution in [0.4, 0.5) is 5.00 Å². The molecule has 1 N–H and O–H groups in total. The third kappa shape index (κ3) is 5.97. The number of carbonyl (C=O) groups excluding carboxylic acids is 1. The van der Waals surface area contributed by atoms with Crippen LogP contribution >= 0.6 is 27.3 Å². The van der Waals surface area contributed by atoms with Crippen molar-refractivity contribution >= 4 is 44.4 Å². The van der Waals surface area contributed by atoms with Crippen LogP contribution in [0.3, 0.4) is 0 Å². The number of carbonyl (C=O) groups is 1. The SMILES string of the molecule is COc1cc(C=Nc2sc3c(c2C(=O)NCc2ccco2)CCCC3)c(Br)cc1OCc1ccccc1. The minimum atomic E-state index is -0.121. The molecule has 2 aromatic carbocycles. The van der Waals surface area contributed by atoms with Crippen molar-refractivity contribution in [3.63, 3.8) is 0 Å². The summed E-state index contributed by atoms with van der Waals surface area (Å²) in [6, 6.07) is 17.4. The van der Waals surface area contributed by atoms with E-state index in [4.69, 9.17) is 18.9 Å². The molecule has 2 aromatic heterocycles. The Kier molecular flexibility index (Phi) is 8.06. The molecule has 1 aliphatic rings. The number of ether oxygens (including phenoxy) is 2. The Morgan fingerprint density at radius 3 is 2.76 bits per heavy atom. The van der Waals surface area contributed by atoms with Crippen molar-refractivity contribution in [2.75, 3.05) is 7.11 Å². The summed E-state index contributed by atoms with van der Waals surface area (Å²) in [5, 5.41) is 3.72. The number of benzene rings is 2. The van der Waals surface area contributed by atoms with E-state index in [1.165, 1.54) is 4.88 Å². The number of hydrogen-bond acceptors (Lipinski definition) is 6. The Morgan fingerprint density at radius 1 is 1.14 bits per heavy atom. The van der Waals surface area contributed by atoms with Crippen molar-refractivity contribution in [1.29, 1.82) is 0 Å². The Hall–Kier alpha value is -3.36. The fourth-order valence-electron chi connectivity index (χ4n) is 4.33. The lowest BCUT2D eigenvalue weighted by molar-refractivity contribution is 0.0948. The summed E-state index contributed by atoms with van der Waals surface area (Å²) in [7, 11) is 1.62. The van der Waals surface area contributed by atoms with Crippen LogP contribution in [0.2, 0.25) is 0 Å². The predicted octanol–water partition coefficient (Wildman–Crippen LogP) is 7.25. The fraction of sp³-hybridized carbons (Fsp3) is 0.241. The largest absolute Gasteiger partial charge is 0.493 e. The summed E-state index contributed by atoms with van der Waals surface area (Å²) < 4.78 is 17.8. The fourth-order valence-corrected chi connectivity index (χ4v) is 5.99. The van der Waals surface area contributed by atoms with Gasteiger partial charge in [0.2, 0.25) is 0 Å². The zero-order valence-corrected chi connectivity index (χ0v) is 22.9. The third-order valence-corrected chi connectivity index (χ3v) is 8.11. The van der Waals surface area contributed by atoms with E-state index in [1.807, 2.05) is 54.6 Å². The summed E-state index contributed by atoms with van der Waals surface area (Å²) in [6.07, 6.45) is 7.48. The Morgan fingerprint density at radius 2 is 1.97 bits per heavy atom. The number of nitrogens with zero attached hydrogens (tertiary/aromatic N) is 1. The van der Waals surface area contributed by atoms with Crippen molar-refractivity contribution in [1.82, 2.24) is 5.32 Å². The smallest absolute Gasteiger partial charge is 0.255 e. The van der Waals surface area contributed by atoms with Gasteiger partial charge in [0.05, 0.1) is 25.5 Å². The van der Waals surface area contributed by atoms with Crippen LogP contribution in [-0.4, -0.2) is 19.2 Å². The van der Waals surface area contributed by atoms with E-state index in [0.29, 0.717) is 36.0 Å². The minimum Gasteiger partial charge on any atom is -0.493 e. The molecule has 0 fully saturated rings. The quantitative estimate of drug-likeness (QED) is 0.212. The molecular weight excluding hydrogens is 552 g/mol. The molecule has 190 valence electrons. The molecule has 4 aromatic rings. The molecule has 1 amide bonds. The van der Waals surface area contributed by atoms with Crippen LogP contribution in [0.5, 0.6) is 11.5 Å². The van der Waals surface area contributed by atoms with Crippen LogP contribution in [0, 0.1) is 0 Å². The average Bonchev–Trinajstić information content (AvgIpc) is 3.58. The highest BCUT2D eigenvalue weighted by Crippen LogP contribution is 2.40. The van der Waals surface area contributed by atoms with E-state index in [9.17, 15) is 4.79 Å². The van der Waals surface area contributed by atoms with Gasteiger partial charge in [-0.2, -0.15) is 0 Å². The first-order valence-corrected chi connectivity index (χ1v) is 13.8. The maximum absolute atomic E-state index is 13.2. The van der Waals surface area contributed by atoms with Crippen molar-refractivity contribution in [3.05, 3.63) is 98.2 Å². The lowest BCUT2D eigenvalue weighted by Gasteiger charge is -2.13. The number of thiophene rings is 1. The van der Waals surface area contributed by atoms with Gasteiger partial charge in [0.25, 0.3) is 5.91 Å². The summed E-state index contributed by atoms with van der Waals surface area (Å²) >= 11 is 5.25. The molecule has 1 aliphatic carbocycles. The second kappa shape index (κ2) is 11.8. The number of fused-ring (bicyclic) bond motifs is 1. The third-order valence-electron chi connectivity index (χ3n) is 6.22. The number of aryl methyl sites for hydroxylation is 1. The number of furan rings is 1. The van der Waals surface area contributed by atoms with Crippen molar-refractivity contribution in [2.24, 2.45) is 4.99 Å². The topological polar surface area (TPSA) is 73.1 Å². The predicted molar refractivity (Wildman–Crippen MR) is 150 cm³/mol. The van der Waals surface area contributed by atoms with Gasteiger partial charge in [-0.1, -0.05) is 30.3 Å². The van der Waals surface area contributed by atoms with Crippen LogP contribution in [0.1, 0.15) is 50.5 Å². The maximum Gasteiger partial charge on any atom is 0.255 e. The van der Waals surface area contributed by atoms with Crippen LogP contribution in [0.25, 0.3) is 0 Å². The molecule has 0 saturated carbocycles. The normalized spacial score (nSPS) is 12.9. The number of amides is 1. The summed E-state index contributed by atoms with van der Waals surface area (Å²) in [4.78, 5) is 19.3. The van der Waals surface area contributed by atoms with Crippen LogP contribution in [-0.2, 0) is 26.0 Å². The molecule has 6 nitrogen and oxygen atoms in total. The zero-order chi connectivity index (χ0) is 25.6. The molecule has 0 aliphatic heterocycles. The molecular formula is C29H27BrN2O4S. The van der Waals surface area contributed by atoms with E-state index < -0.39 is 0 Å². The lowest BCUT2D eigenvalue weighted by Crippen LogP contribution is -2.23. The molecule has 2 heterocycles. The van der Waals surface area contributed by atoms with Gasteiger partial charge in [-0.15, -0.1) is 11.3 Å². The standard InChI is InChI=1S/C29H27BrN2O4S/c1-34-24-14-20(23(30)15-25(24)36-18-19-8-3-2-4-9-19)16-32-29-27(22-11-5-6-12-26(22)37-29)28(33)31-17-21-10-7-13-35-21/h2-4,7-10,13-16H,5-6,11-12,17-18H2,1H3,(H,31,33). The van der Waals surface area contributed by atoms with E-state index >= 15 is 0 Å². The summed E-state index contributed by atoms with van der Waals surface area (Å²) in [5.74, 6) is 1.85. The molecule has 0 unspecified atom stereocenters. The van der Waals surface area contributed by atoms with E-state index in [0.717, 1.165) is 51.8 Å². The average molecular weight is 580 g/mol. The number of rotatable bonds is 9. The van der Waals surface area contributed by atoms with Crippen molar-refractivity contribution in [3.8, 4) is 11.5 Å². The molecule has 0 radical (unpaired) electrons. The minimum absolute atomic E-state index is 0.121. The van der Waals surface area contributed by atoms with Gasteiger partial charge in [0, 0.05) is 21.1 Å². The van der Waals surface area contributed by atoms with Gasteiger partial charge in [0.1, 0.15) is 17.4 Å². The number of methoxy groups -OCH3 is 1. The Bertz CT molecular complexity index is 1400. The Balaban J connectivity index is 1.39. The van der Waals surface area contributed by atoms with E-state index in [-0.39, 0.29) is 5.91 Å². The number of aliphatic imine (C=N–C) groups is 1. The molecule has 0 spiro atoms. The molecule has 5 rings (SSSR count). The maximum atomic E-state index is 13.2. The van der Waals surface area contributed by atoms with Gasteiger partial charge >= 0.3 is 0 Å². The molecule has 0 saturated heterocycles. The molecule has 8 heteroatoms. The summed E-state index contributed by atoms with van der Waals surface area (Å²) in [6.45, 7) is 0.779. The molecule has 37 heavy (non-hydrogen) atoms. The van der Waals surface area contributed by atoms with Gasteiger partial charge in [-0.25, -0.2) is 4.99 Å².